The van der Waals surface area contributed by atoms with E-state index in [1.54, 1.807) is 0 Å². The molecule has 0 aliphatic carbocycles. The Morgan fingerprint density at radius 3 is 2.72 bits per heavy atom. The van der Waals surface area contributed by atoms with Crippen LogP contribution in [0.15, 0.2) is 0 Å². The van der Waals surface area contributed by atoms with Gasteiger partial charge >= 0.3 is 6.18 Å². The van der Waals surface area contributed by atoms with Crippen molar-refractivity contribution in [2.45, 2.75) is 19.5 Å². The highest BCUT2D eigenvalue weighted by Gasteiger charge is 2.38. The Hall–Kier alpha value is -0.890. The van der Waals surface area contributed by atoms with Crippen molar-refractivity contribution in [3.8, 4) is 0 Å². The van der Waals surface area contributed by atoms with Crippen LogP contribution in [0.4, 0.5) is 18.3 Å². The van der Waals surface area contributed by atoms with Gasteiger partial charge in [-0.15, -0.1) is 10.2 Å². The Labute approximate surface area is 107 Å². The third kappa shape index (κ3) is 2.74. The fourth-order valence-corrected chi connectivity index (χ4v) is 2.95. The molecule has 1 fully saturated rings. The molecule has 18 heavy (non-hydrogen) atoms. The highest BCUT2D eigenvalue weighted by molar-refractivity contribution is 7.15. The van der Waals surface area contributed by atoms with Crippen LogP contribution in [0.1, 0.15) is 18.4 Å². The van der Waals surface area contributed by atoms with Gasteiger partial charge in [0.1, 0.15) is 0 Å². The average molecular weight is 280 g/mol. The molecule has 1 aromatic heterocycles. The molecule has 0 radical (unpaired) electrons. The summed E-state index contributed by atoms with van der Waals surface area (Å²) in [6, 6.07) is 0. The van der Waals surface area contributed by atoms with E-state index in [0.29, 0.717) is 23.0 Å². The second-order valence-corrected chi connectivity index (χ2v) is 5.86. The monoisotopic (exact) mass is 280 g/mol. The van der Waals surface area contributed by atoms with Gasteiger partial charge in [-0.3, -0.25) is 0 Å². The molecule has 1 unspecified atom stereocenters. The van der Waals surface area contributed by atoms with Crippen molar-refractivity contribution in [2.75, 3.05) is 31.6 Å². The molecular formula is C10H15F3N4S. The van der Waals surface area contributed by atoms with Crippen LogP contribution in [-0.2, 0) is 6.18 Å². The molecule has 1 aliphatic heterocycles. The quantitative estimate of drug-likeness (QED) is 0.919. The number of hydrogen-bond acceptors (Lipinski definition) is 5. The van der Waals surface area contributed by atoms with Gasteiger partial charge < -0.3 is 10.2 Å². The summed E-state index contributed by atoms with van der Waals surface area (Å²) in [4.78, 5) is 1.88. The van der Waals surface area contributed by atoms with Crippen molar-refractivity contribution < 1.29 is 13.2 Å². The van der Waals surface area contributed by atoms with Gasteiger partial charge in [-0.05, 0) is 18.9 Å². The Bertz CT molecular complexity index is 420. The summed E-state index contributed by atoms with van der Waals surface area (Å²) in [5.41, 5.74) is 0.0822. The van der Waals surface area contributed by atoms with Gasteiger partial charge in [0.2, 0.25) is 10.1 Å². The number of rotatable bonds is 3. The van der Waals surface area contributed by atoms with Crippen molar-refractivity contribution in [3.05, 3.63) is 5.01 Å². The third-order valence-electron chi connectivity index (χ3n) is 3.09. The Kier molecular flexibility index (Phi) is 3.50. The number of alkyl halides is 3. The molecule has 4 nitrogen and oxygen atoms in total. The summed E-state index contributed by atoms with van der Waals surface area (Å²) in [6.45, 7) is 4.40. The van der Waals surface area contributed by atoms with Crippen LogP contribution in [0.5, 0.6) is 0 Å². The first-order valence-electron chi connectivity index (χ1n) is 5.64. The number of nitrogens with zero attached hydrogens (tertiary/aromatic N) is 3. The highest BCUT2D eigenvalue weighted by atomic mass is 32.1. The van der Waals surface area contributed by atoms with Crippen molar-refractivity contribution in [3.63, 3.8) is 0 Å². The van der Waals surface area contributed by atoms with E-state index in [9.17, 15) is 13.2 Å². The lowest BCUT2D eigenvalue weighted by Crippen LogP contribution is -2.33. The minimum absolute atomic E-state index is 0.0822. The van der Waals surface area contributed by atoms with E-state index >= 15 is 0 Å². The van der Waals surface area contributed by atoms with Gasteiger partial charge in [0.25, 0.3) is 0 Å². The first-order chi connectivity index (χ1) is 8.34. The molecule has 0 bridgehead atoms. The zero-order valence-corrected chi connectivity index (χ0v) is 11.0. The first-order valence-corrected chi connectivity index (χ1v) is 6.46. The van der Waals surface area contributed by atoms with Crippen LogP contribution in [-0.4, -0.2) is 36.9 Å². The number of aromatic nitrogens is 2. The number of hydrogen-bond donors (Lipinski definition) is 1. The zero-order valence-electron chi connectivity index (χ0n) is 10.2. The van der Waals surface area contributed by atoms with Gasteiger partial charge in [0.15, 0.2) is 0 Å². The Morgan fingerprint density at radius 2 is 2.17 bits per heavy atom. The minimum atomic E-state index is -4.40. The summed E-state index contributed by atoms with van der Waals surface area (Å²) >= 11 is 0.614. The molecule has 1 atom stereocenters. The maximum absolute atomic E-state index is 12.4. The van der Waals surface area contributed by atoms with Crippen molar-refractivity contribution in [1.29, 1.82) is 0 Å². The van der Waals surface area contributed by atoms with E-state index in [1.807, 2.05) is 11.9 Å². The van der Waals surface area contributed by atoms with E-state index in [2.05, 4.69) is 22.4 Å². The SMILES string of the molecule is CNCC1(C)CCN(c2nnc(C(F)(F)F)s2)C1. The molecule has 2 rings (SSSR count). The molecule has 1 N–H and O–H groups in total. The van der Waals surface area contributed by atoms with Gasteiger partial charge in [-0.25, -0.2) is 0 Å². The predicted octanol–water partition coefficient (Wildman–Crippen LogP) is 1.99. The topological polar surface area (TPSA) is 41.0 Å². The molecule has 1 aliphatic rings. The number of nitrogens with one attached hydrogen (secondary N) is 1. The lowest BCUT2D eigenvalue weighted by atomic mass is 9.90. The Balaban J connectivity index is 2.08. The van der Waals surface area contributed by atoms with Crippen molar-refractivity contribution in [1.82, 2.24) is 15.5 Å². The molecule has 0 saturated carbocycles. The van der Waals surface area contributed by atoms with Crippen LogP contribution < -0.4 is 10.2 Å². The first kappa shape index (κ1) is 13.5. The van der Waals surface area contributed by atoms with Crippen LogP contribution in [0, 0.1) is 5.41 Å². The van der Waals surface area contributed by atoms with Crippen molar-refractivity contribution in [2.24, 2.45) is 5.41 Å². The third-order valence-corrected chi connectivity index (χ3v) is 4.12. The molecule has 0 amide bonds. The summed E-state index contributed by atoms with van der Waals surface area (Å²) in [6.07, 6.45) is -3.46. The lowest BCUT2D eigenvalue weighted by molar-refractivity contribution is -0.138. The predicted molar refractivity (Wildman–Crippen MR) is 63.8 cm³/mol. The van der Waals surface area contributed by atoms with Crippen LogP contribution in [0.25, 0.3) is 0 Å². The largest absolute Gasteiger partial charge is 0.445 e. The summed E-state index contributed by atoms with van der Waals surface area (Å²) < 4.78 is 37.3. The van der Waals surface area contributed by atoms with Crippen LogP contribution in [0.2, 0.25) is 0 Å². The van der Waals surface area contributed by atoms with Gasteiger partial charge in [0.05, 0.1) is 0 Å². The summed E-state index contributed by atoms with van der Waals surface area (Å²) in [5, 5.41) is 9.46. The standard InChI is InChI=1S/C10H15F3N4S/c1-9(5-14-2)3-4-17(6-9)8-16-15-7(18-8)10(11,12)13/h14H,3-6H2,1-2H3. The van der Waals surface area contributed by atoms with E-state index in [-0.39, 0.29) is 5.41 Å². The summed E-state index contributed by atoms with van der Waals surface area (Å²) in [7, 11) is 1.88. The highest BCUT2D eigenvalue weighted by Crippen LogP contribution is 2.38. The minimum Gasteiger partial charge on any atom is -0.346 e. The number of anilines is 1. The second kappa shape index (κ2) is 4.65. The van der Waals surface area contributed by atoms with E-state index in [4.69, 9.17) is 0 Å². The van der Waals surface area contributed by atoms with Gasteiger partial charge in [-0.1, -0.05) is 18.3 Å². The van der Waals surface area contributed by atoms with Gasteiger partial charge in [0, 0.05) is 19.6 Å². The van der Waals surface area contributed by atoms with E-state index in [0.717, 1.165) is 19.5 Å². The fourth-order valence-electron chi connectivity index (χ4n) is 2.22. The molecular weight excluding hydrogens is 265 g/mol. The molecule has 1 aromatic rings. The maximum Gasteiger partial charge on any atom is 0.445 e. The van der Waals surface area contributed by atoms with Crippen LogP contribution >= 0.6 is 11.3 Å². The zero-order chi connectivity index (χ0) is 13.4. The molecule has 0 spiro atoms. The molecule has 2 heterocycles. The van der Waals surface area contributed by atoms with Gasteiger partial charge in [-0.2, -0.15) is 13.2 Å². The Morgan fingerprint density at radius 1 is 1.44 bits per heavy atom. The molecule has 8 heteroatoms. The van der Waals surface area contributed by atoms with Crippen molar-refractivity contribution >= 4 is 16.5 Å². The van der Waals surface area contributed by atoms with Crippen LogP contribution in [0.3, 0.4) is 0 Å². The fraction of sp³-hybridized carbons (Fsp3) is 0.800. The maximum atomic E-state index is 12.4. The number of halogens is 3. The summed E-state index contributed by atoms with van der Waals surface area (Å²) in [5.74, 6) is 0. The molecule has 0 aromatic carbocycles. The lowest BCUT2D eigenvalue weighted by Gasteiger charge is -2.23. The normalized spacial score (nSPS) is 24.8. The van der Waals surface area contributed by atoms with E-state index in [1.165, 1.54) is 0 Å². The smallest absolute Gasteiger partial charge is 0.346 e. The van der Waals surface area contributed by atoms with E-state index < -0.39 is 11.2 Å². The average Bonchev–Trinajstić information content (AvgIpc) is 2.83. The molecule has 1 saturated heterocycles. The molecule has 102 valence electrons. The second-order valence-electron chi connectivity index (χ2n) is 4.90.